The van der Waals surface area contributed by atoms with Crippen molar-refractivity contribution in [3.05, 3.63) is 0 Å². The first kappa shape index (κ1) is 14.9. The average Bonchev–Trinajstić information content (AvgIpc) is 1.98. The van der Waals surface area contributed by atoms with Crippen molar-refractivity contribution in [3.63, 3.8) is 0 Å². The molecule has 5 heteroatoms. The van der Waals surface area contributed by atoms with E-state index in [0.717, 1.165) is 12.2 Å². The van der Waals surface area contributed by atoms with E-state index < -0.39 is 5.77 Å². The quantitative estimate of drug-likeness (QED) is 0.637. The number of hydrogen-bond acceptors (Lipinski definition) is 4. The van der Waals surface area contributed by atoms with Gasteiger partial charge in [-0.15, -0.1) is 0 Å². The molecule has 1 atom stereocenters. The zero-order valence-corrected chi connectivity index (χ0v) is 12.2. The Morgan fingerprint density at radius 3 is 2.21 bits per heavy atom. The summed E-state index contributed by atoms with van der Waals surface area (Å²) in [5, 5.41) is 0. The van der Waals surface area contributed by atoms with Crippen molar-refractivity contribution in [1.29, 1.82) is 0 Å². The van der Waals surface area contributed by atoms with Crippen molar-refractivity contribution < 1.29 is 9.09 Å². The van der Waals surface area contributed by atoms with E-state index in [1.54, 1.807) is 0 Å². The highest BCUT2D eigenvalue weighted by molar-refractivity contribution is 8.89. The molecule has 0 fully saturated rings. The second-order valence-electron chi connectivity index (χ2n) is 3.90. The van der Waals surface area contributed by atoms with Crippen LogP contribution in [0.5, 0.6) is 0 Å². The molecule has 0 radical (unpaired) electrons. The maximum atomic E-state index is 12.3. The van der Waals surface area contributed by atoms with Crippen molar-refractivity contribution >= 4 is 28.5 Å². The first-order chi connectivity index (χ1) is 6.33. The summed E-state index contributed by atoms with van der Waals surface area (Å²) in [6.07, 6.45) is 1.03. The predicted octanol–water partition coefficient (Wildman–Crippen LogP) is 4.81. The molecule has 0 aliphatic carbocycles. The third kappa shape index (κ3) is 7.22. The summed E-state index contributed by atoms with van der Waals surface area (Å²) in [7, 11) is 0. The smallest absolute Gasteiger partial charge is 0.313 e. The number of rotatable bonds is 6. The van der Waals surface area contributed by atoms with Crippen molar-refractivity contribution in [2.45, 2.75) is 45.8 Å². The highest BCUT2D eigenvalue weighted by Crippen LogP contribution is 2.73. The van der Waals surface area contributed by atoms with Crippen LogP contribution in [0.1, 0.15) is 41.0 Å². The summed E-state index contributed by atoms with van der Waals surface area (Å²) in [6.45, 7) is 10.7. The molecule has 0 aromatic heterocycles. The Bertz CT molecular complexity index is 201. The fraction of sp³-hybridized carbons (Fsp3) is 1.00. The van der Waals surface area contributed by atoms with E-state index in [1.807, 2.05) is 6.92 Å². The molecular weight excluding hydrogens is 235 g/mol. The molecule has 0 bridgehead atoms. The molecule has 0 amide bonds. The molecule has 0 aliphatic rings. The molecule has 0 saturated carbocycles. The van der Waals surface area contributed by atoms with Gasteiger partial charge in [-0.2, -0.15) is 0 Å². The Hall–Kier alpha value is 0.890. The Labute approximate surface area is 95.9 Å². The lowest BCUT2D eigenvalue weighted by atomic mass is 10.3. The second kappa shape index (κ2) is 6.47. The number of hydrogen-bond donors (Lipinski definition) is 0. The van der Waals surface area contributed by atoms with Crippen molar-refractivity contribution in [2.75, 3.05) is 12.4 Å². The van der Waals surface area contributed by atoms with Crippen LogP contribution in [0.25, 0.3) is 0 Å². The summed E-state index contributed by atoms with van der Waals surface area (Å²) in [5.74, 6) is -1.62. The van der Waals surface area contributed by atoms with Gasteiger partial charge in [0.25, 0.3) is 0 Å². The minimum absolute atomic E-state index is 0.00849. The van der Waals surface area contributed by atoms with Gasteiger partial charge < -0.3 is 4.52 Å². The summed E-state index contributed by atoms with van der Waals surface area (Å²) in [5.41, 5.74) is 0. The summed E-state index contributed by atoms with van der Waals surface area (Å²) < 4.78 is 17.7. The SMILES string of the molecule is CCCSP(=O)(OCC)SC(C)(C)C. The average molecular weight is 256 g/mol. The maximum absolute atomic E-state index is 12.3. The zero-order valence-electron chi connectivity index (χ0n) is 9.70. The second-order valence-corrected chi connectivity index (χ2v) is 12.0. The summed E-state index contributed by atoms with van der Waals surface area (Å²) in [6, 6.07) is 0. The lowest BCUT2D eigenvalue weighted by molar-refractivity contribution is 0.357. The van der Waals surface area contributed by atoms with Crippen LogP contribution in [0.3, 0.4) is 0 Å². The molecule has 0 aromatic rings. The van der Waals surface area contributed by atoms with Gasteiger partial charge in [0.05, 0.1) is 6.61 Å². The van der Waals surface area contributed by atoms with Crippen LogP contribution in [-0.4, -0.2) is 17.1 Å². The van der Waals surface area contributed by atoms with E-state index in [9.17, 15) is 4.57 Å². The molecule has 86 valence electrons. The molecule has 0 aliphatic heterocycles. The topological polar surface area (TPSA) is 26.3 Å². The van der Waals surface area contributed by atoms with Crippen LogP contribution in [0.15, 0.2) is 0 Å². The van der Waals surface area contributed by atoms with Crippen LogP contribution in [0.2, 0.25) is 0 Å². The van der Waals surface area contributed by atoms with E-state index in [1.165, 1.54) is 22.8 Å². The van der Waals surface area contributed by atoms with E-state index >= 15 is 0 Å². The van der Waals surface area contributed by atoms with Gasteiger partial charge in [-0.25, -0.2) is 0 Å². The van der Waals surface area contributed by atoms with Crippen LogP contribution in [0.4, 0.5) is 0 Å². The maximum Gasteiger partial charge on any atom is 0.313 e. The van der Waals surface area contributed by atoms with Gasteiger partial charge in [-0.3, -0.25) is 4.57 Å². The molecule has 0 aromatic carbocycles. The van der Waals surface area contributed by atoms with Crippen LogP contribution >= 0.6 is 28.5 Å². The minimum atomic E-state index is -2.52. The largest absolute Gasteiger partial charge is 0.314 e. The molecule has 0 saturated heterocycles. The minimum Gasteiger partial charge on any atom is -0.314 e. The molecule has 0 heterocycles. The van der Waals surface area contributed by atoms with Gasteiger partial charge >= 0.3 is 5.77 Å². The highest BCUT2D eigenvalue weighted by atomic mass is 33.1. The van der Waals surface area contributed by atoms with Crippen LogP contribution < -0.4 is 0 Å². The summed E-state index contributed by atoms with van der Waals surface area (Å²) in [4.78, 5) is 0. The predicted molar refractivity (Wildman–Crippen MR) is 69.3 cm³/mol. The van der Waals surface area contributed by atoms with Gasteiger partial charge in [-0.1, -0.05) is 50.5 Å². The lowest BCUT2D eigenvalue weighted by Gasteiger charge is -2.24. The molecule has 0 N–H and O–H groups in total. The van der Waals surface area contributed by atoms with Crippen molar-refractivity contribution in [3.8, 4) is 0 Å². The third-order valence-electron chi connectivity index (χ3n) is 1.13. The Morgan fingerprint density at radius 2 is 1.86 bits per heavy atom. The van der Waals surface area contributed by atoms with Gasteiger partial charge in [-0.05, 0) is 13.3 Å². The van der Waals surface area contributed by atoms with Crippen molar-refractivity contribution in [2.24, 2.45) is 0 Å². The van der Waals surface area contributed by atoms with Crippen molar-refractivity contribution in [1.82, 2.24) is 0 Å². The Balaban J connectivity index is 4.31. The van der Waals surface area contributed by atoms with Gasteiger partial charge in [0.2, 0.25) is 0 Å². The fourth-order valence-corrected chi connectivity index (χ4v) is 9.92. The highest BCUT2D eigenvalue weighted by Gasteiger charge is 2.30. The summed E-state index contributed by atoms with van der Waals surface area (Å²) >= 11 is 2.94. The lowest BCUT2D eigenvalue weighted by Crippen LogP contribution is -2.06. The van der Waals surface area contributed by atoms with Crippen LogP contribution in [0, 0.1) is 0 Å². The fourth-order valence-electron chi connectivity index (χ4n) is 0.787. The molecule has 0 rings (SSSR count). The molecule has 14 heavy (non-hydrogen) atoms. The molecule has 0 spiro atoms. The Kier molecular flexibility index (Phi) is 6.88. The molecule has 1 unspecified atom stereocenters. The Morgan fingerprint density at radius 1 is 1.29 bits per heavy atom. The van der Waals surface area contributed by atoms with E-state index in [4.69, 9.17) is 4.52 Å². The van der Waals surface area contributed by atoms with Gasteiger partial charge in [0, 0.05) is 10.5 Å². The van der Waals surface area contributed by atoms with E-state index in [0.29, 0.717) is 6.61 Å². The van der Waals surface area contributed by atoms with E-state index in [-0.39, 0.29) is 4.75 Å². The molecule has 2 nitrogen and oxygen atoms in total. The first-order valence-electron chi connectivity index (χ1n) is 4.93. The standard InChI is InChI=1S/C9H21O2PS2/c1-6-8-13-12(10,11-7-2)14-9(3,4)5/h6-8H2,1-5H3. The van der Waals surface area contributed by atoms with Gasteiger partial charge in [0.1, 0.15) is 0 Å². The van der Waals surface area contributed by atoms with Crippen LogP contribution in [-0.2, 0) is 9.09 Å². The normalized spacial score (nSPS) is 16.6. The molecular formula is C9H21O2PS2. The van der Waals surface area contributed by atoms with E-state index in [2.05, 4.69) is 27.7 Å². The first-order valence-corrected chi connectivity index (χ1v) is 9.56. The zero-order chi connectivity index (χ0) is 11.2. The monoisotopic (exact) mass is 256 g/mol. The third-order valence-corrected chi connectivity index (χ3v) is 9.44. The van der Waals surface area contributed by atoms with Gasteiger partial charge in [0.15, 0.2) is 0 Å².